The highest BCUT2D eigenvalue weighted by Crippen LogP contribution is 2.34. The van der Waals surface area contributed by atoms with Gasteiger partial charge in [0.05, 0.1) is 11.6 Å². The highest BCUT2D eigenvalue weighted by Gasteiger charge is 2.48. The first kappa shape index (κ1) is 13.4. The van der Waals surface area contributed by atoms with Gasteiger partial charge in [-0.15, -0.1) is 0 Å². The highest BCUT2D eigenvalue weighted by atomic mass is 35.5. The topological polar surface area (TPSA) is 62.3 Å². The molecule has 1 saturated carbocycles. The van der Waals surface area contributed by atoms with Crippen molar-refractivity contribution in [1.29, 1.82) is 0 Å². The maximum atomic E-state index is 12.7. The zero-order valence-electron chi connectivity index (χ0n) is 11.1. The Labute approximate surface area is 122 Å². The molecule has 1 saturated heterocycles. The number of hydrogen-bond acceptors (Lipinski definition) is 3. The Morgan fingerprint density at radius 1 is 1.35 bits per heavy atom. The van der Waals surface area contributed by atoms with Gasteiger partial charge in [0.15, 0.2) is 0 Å². The van der Waals surface area contributed by atoms with Crippen LogP contribution in [0.25, 0.3) is 0 Å². The molecule has 6 heteroatoms. The molecule has 1 aromatic heterocycles. The van der Waals surface area contributed by atoms with Crippen LogP contribution in [0.2, 0.25) is 5.02 Å². The molecule has 106 valence electrons. The van der Waals surface area contributed by atoms with Gasteiger partial charge in [0, 0.05) is 18.9 Å². The van der Waals surface area contributed by atoms with Gasteiger partial charge < -0.3 is 10.2 Å². The predicted octanol–water partition coefficient (Wildman–Crippen LogP) is 1.51. The summed E-state index contributed by atoms with van der Waals surface area (Å²) >= 11 is 6.08. The van der Waals surface area contributed by atoms with Crippen LogP contribution in [0.15, 0.2) is 18.5 Å². The number of halogens is 1. The van der Waals surface area contributed by atoms with Crippen molar-refractivity contribution in [3.63, 3.8) is 0 Å². The van der Waals surface area contributed by atoms with Crippen molar-refractivity contribution in [1.82, 2.24) is 15.2 Å². The second kappa shape index (κ2) is 5.05. The molecule has 1 N–H and O–H groups in total. The minimum atomic E-state index is -0.672. The number of hydrogen-bond donors (Lipinski definition) is 1. The first-order valence-corrected chi connectivity index (χ1v) is 7.17. The molecule has 2 fully saturated rings. The number of piperazine rings is 1. The van der Waals surface area contributed by atoms with E-state index in [1.165, 1.54) is 0 Å². The summed E-state index contributed by atoms with van der Waals surface area (Å²) in [7, 11) is 0. The first-order valence-electron chi connectivity index (χ1n) is 6.79. The van der Waals surface area contributed by atoms with Crippen molar-refractivity contribution in [2.45, 2.75) is 37.8 Å². The molecule has 0 bridgehead atoms. The van der Waals surface area contributed by atoms with Crippen LogP contribution < -0.4 is 5.32 Å². The van der Waals surface area contributed by atoms with E-state index in [-0.39, 0.29) is 18.4 Å². The van der Waals surface area contributed by atoms with E-state index in [2.05, 4.69) is 10.3 Å². The number of pyridine rings is 1. The van der Waals surface area contributed by atoms with Crippen LogP contribution in [0.5, 0.6) is 0 Å². The third-order valence-corrected chi connectivity index (χ3v) is 4.42. The predicted molar refractivity (Wildman–Crippen MR) is 74.0 cm³/mol. The van der Waals surface area contributed by atoms with Gasteiger partial charge in [-0.05, 0) is 24.5 Å². The van der Waals surface area contributed by atoms with Crippen molar-refractivity contribution in [3.8, 4) is 0 Å². The van der Waals surface area contributed by atoms with Crippen LogP contribution in [0.1, 0.15) is 31.2 Å². The number of nitrogens with zero attached hydrogens (tertiary/aromatic N) is 2. The Kier molecular flexibility index (Phi) is 3.38. The van der Waals surface area contributed by atoms with E-state index in [0.717, 1.165) is 31.2 Å². The molecule has 20 heavy (non-hydrogen) atoms. The lowest BCUT2D eigenvalue weighted by Gasteiger charge is -2.39. The second-order valence-corrected chi connectivity index (χ2v) is 5.87. The SMILES string of the molecule is O=C1CN(Cc2ccncc2Cl)C(=O)C2(CCCC2)N1. The van der Waals surface area contributed by atoms with Gasteiger partial charge in [-0.3, -0.25) is 14.6 Å². The molecule has 2 heterocycles. The Balaban J connectivity index is 1.84. The largest absolute Gasteiger partial charge is 0.340 e. The summed E-state index contributed by atoms with van der Waals surface area (Å²) in [5.41, 5.74) is 0.146. The van der Waals surface area contributed by atoms with Crippen molar-refractivity contribution in [3.05, 3.63) is 29.0 Å². The molecule has 0 atom stereocenters. The van der Waals surface area contributed by atoms with Gasteiger partial charge in [-0.25, -0.2) is 0 Å². The van der Waals surface area contributed by atoms with E-state index in [0.29, 0.717) is 11.6 Å². The van der Waals surface area contributed by atoms with Crippen LogP contribution in [0, 0.1) is 0 Å². The summed E-state index contributed by atoms with van der Waals surface area (Å²) in [6.45, 7) is 0.453. The number of nitrogens with one attached hydrogen (secondary N) is 1. The fraction of sp³-hybridized carbons (Fsp3) is 0.500. The lowest BCUT2D eigenvalue weighted by Crippen LogP contribution is -2.65. The Morgan fingerprint density at radius 3 is 2.80 bits per heavy atom. The summed E-state index contributed by atoms with van der Waals surface area (Å²) < 4.78 is 0. The number of rotatable bonds is 2. The van der Waals surface area contributed by atoms with Crippen molar-refractivity contribution in [2.24, 2.45) is 0 Å². The van der Waals surface area contributed by atoms with Gasteiger partial charge in [0.2, 0.25) is 11.8 Å². The molecule has 1 aliphatic heterocycles. The summed E-state index contributed by atoms with van der Waals surface area (Å²) in [6, 6.07) is 1.78. The molecular weight excluding hydrogens is 278 g/mol. The van der Waals surface area contributed by atoms with E-state index >= 15 is 0 Å². The average molecular weight is 294 g/mol. The molecule has 5 nitrogen and oxygen atoms in total. The maximum Gasteiger partial charge on any atom is 0.249 e. The number of amides is 2. The summed E-state index contributed by atoms with van der Waals surface area (Å²) in [4.78, 5) is 30.1. The molecule has 0 radical (unpaired) electrons. The molecule has 2 amide bonds. The smallest absolute Gasteiger partial charge is 0.249 e. The molecular formula is C14H16ClN3O2. The molecule has 3 rings (SSSR count). The zero-order valence-corrected chi connectivity index (χ0v) is 11.8. The fourth-order valence-corrected chi connectivity index (χ4v) is 3.27. The average Bonchev–Trinajstić information content (AvgIpc) is 2.87. The molecule has 1 spiro atoms. The van der Waals surface area contributed by atoms with Crippen molar-refractivity contribution < 1.29 is 9.59 Å². The minimum Gasteiger partial charge on any atom is -0.340 e. The quantitative estimate of drug-likeness (QED) is 0.899. The maximum absolute atomic E-state index is 12.7. The van der Waals surface area contributed by atoms with Crippen LogP contribution in [0.3, 0.4) is 0 Å². The van der Waals surface area contributed by atoms with Gasteiger partial charge in [0.25, 0.3) is 0 Å². The third kappa shape index (κ3) is 2.26. The Morgan fingerprint density at radius 2 is 2.10 bits per heavy atom. The van der Waals surface area contributed by atoms with E-state index in [4.69, 9.17) is 11.6 Å². The highest BCUT2D eigenvalue weighted by molar-refractivity contribution is 6.31. The number of carbonyl (C=O) groups is 2. The van der Waals surface area contributed by atoms with Gasteiger partial charge in [-0.2, -0.15) is 0 Å². The molecule has 0 unspecified atom stereocenters. The molecule has 0 aromatic carbocycles. The first-order chi connectivity index (χ1) is 9.61. The van der Waals surface area contributed by atoms with Gasteiger partial charge in [-0.1, -0.05) is 24.4 Å². The van der Waals surface area contributed by atoms with Gasteiger partial charge >= 0.3 is 0 Å². The van der Waals surface area contributed by atoms with Crippen molar-refractivity contribution >= 4 is 23.4 Å². The molecule has 1 aliphatic carbocycles. The monoisotopic (exact) mass is 293 g/mol. The van der Waals surface area contributed by atoms with Crippen LogP contribution in [0.4, 0.5) is 0 Å². The third-order valence-electron chi connectivity index (χ3n) is 4.08. The van der Waals surface area contributed by atoms with Crippen LogP contribution >= 0.6 is 11.6 Å². The number of aromatic nitrogens is 1. The van der Waals surface area contributed by atoms with Crippen LogP contribution in [-0.4, -0.2) is 33.8 Å². The van der Waals surface area contributed by atoms with E-state index in [1.807, 2.05) is 0 Å². The minimum absolute atomic E-state index is 0.0162. The summed E-state index contributed by atoms with van der Waals surface area (Å²) in [5, 5.41) is 3.42. The van der Waals surface area contributed by atoms with E-state index < -0.39 is 5.54 Å². The normalized spacial score (nSPS) is 21.4. The molecule has 1 aromatic rings. The van der Waals surface area contributed by atoms with Crippen LogP contribution in [-0.2, 0) is 16.1 Å². The Hall–Kier alpha value is -1.62. The zero-order chi connectivity index (χ0) is 14.2. The number of carbonyl (C=O) groups excluding carboxylic acids is 2. The fourth-order valence-electron chi connectivity index (χ4n) is 3.09. The Bertz CT molecular complexity index is 555. The lowest BCUT2D eigenvalue weighted by molar-refractivity contribution is -0.150. The molecule has 2 aliphatic rings. The standard InChI is InChI=1S/C14H16ClN3O2/c15-11-7-16-6-3-10(11)8-18-9-12(19)17-14(13(18)20)4-1-2-5-14/h3,6-7H,1-2,4-5,8-9H2,(H,17,19). The van der Waals surface area contributed by atoms with E-state index in [9.17, 15) is 9.59 Å². The summed E-state index contributed by atoms with van der Waals surface area (Å²) in [5.74, 6) is -0.0702. The van der Waals surface area contributed by atoms with Crippen molar-refractivity contribution in [2.75, 3.05) is 6.54 Å². The van der Waals surface area contributed by atoms with E-state index in [1.54, 1.807) is 23.4 Å². The second-order valence-electron chi connectivity index (χ2n) is 5.47. The lowest BCUT2D eigenvalue weighted by atomic mass is 9.93. The van der Waals surface area contributed by atoms with Gasteiger partial charge in [0.1, 0.15) is 5.54 Å². The summed E-state index contributed by atoms with van der Waals surface area (Å²) in [6.07, 6.45) is 6.62.